The minimum atomic E-state index is -1.05. The highest BCUT2D eigenvalue weighted by Crippen LogP contribution is 2.31. The van der Waals surface area contributed by atoms with Gasteiger partial charge in [0.25, 0.3) is 0 Å². The molecule has 1 N–H and O–H groups in total. The number of esters is 1. The molecule has 0 spiro atoms. The van der Waals surface area contributed by atoms with E-state index in [4.69, 9.17) is 9.84 Å². The second-order valence-corrected chi connectivity index (χ2v) is 2.35. The number of hydrogen-bond donors (Lipinski definition) is 1. The molecule has 0 aromatic rings. The molecule has 1 heterocycles. The van der Waals surface area contributed by atoms with E-state index in [0.717, 1.165) is 0 Å². The Morgan fingerprint density at radius 2 is 2.40 bits per heavy atom. The Morgan fingerprint density at radius 3 is 2.50 bits per heavy atom. The van der Waals surface area contributed by atoms with Crippen LogP contribution in [0.25, 0.3) is 0 Å². The van der Waals surface area contributed by atoms with Crippen molar-refractivity contribution in [1.29, 1.82) is 0 Å². The van der Waals surface area contributed by atoms with Gasteiger partial charge in [0, 0.05) is 0 Å². The van der Waals surface area contributed by atoms with Crippen molar-refractivity contribution in [3.05, 3.63) is 0 Å². The Bertz CT molecular complexity index is 148. The Labute approximate surface area is 58.7 Å². The summed E-state index contributed by atoms with van der Waals surface area (Å²) >= 11 is 0. The maximum atomic E-state index is 10.8. The molecule has 1 saturated heterocycles. The number of carbonyl (C=O) groups excluding carboxylic acids is 1. The molecular formula is C6H10O4. The molecule has 1 aliphatic rings. The van der Waals surface area contributed by atoms with E-state index in [1.54, 1.807) is 0 Å². The van der Waals surface area contributed by atoms with Gasteiger partial charge in [0.1, 0.15) is 0 Å². The number of aliphatic hydroxyl groups is 1. The first-order chi connectivity index (χ1) is 4.63. The normalized spacial score (nSPS) is 33.1. The molecular weight excluding hydrogens is 136 g/mol. The van der Waals surface area contributed by atoms with Crippen molar-refractivity contribution in [2.45, 2.75) is 18.6 Å². The van der Waals surface area contributed by atoms with Crippen molar-refractivity contribution in [3.8, 4) is 0 Å². The molecule has 4 heteroatoms. The number of carbonyl (C=O) groups is 1. The smallest absolute Gasteiger partial charge is 0.343 e. The van der Waals surface area contributed by atoms with Crippen molar-refractivity contribution >= 4 is 5.97 Å². The summed E-state index contributed by atoms with van der Waals surface area (Å²) in [5.74, 6) is -0.498. The Morgan fingerprint density at radius 1 is 1.90 bits per heavy atom. The van der Waals surface area contributed by atoms with Crippen LogP contribution in [0.1, 0.15) is 6.92 Å². The van der Waals surface area contributed by atoms with Crippen molar-refractivity contribution in [3.63, 3.8) is 0 Å². The van der Waals surface area contributed by atoms with Gasteiger partial charge in [0.15, 0.2) is 0 Å². The van der Waals surface area contributed by atoms with Gasteiger partial charge in [-0.15, -0.1) is 0 Å². The molecule has 58 valence electrons. The first kappa shape index (κ1) is 7.50. The number of rotatable bonds is 2. The van der Waals surface area contributed by atoms with E-state index in [9.17, 15) is 4.79 Å². The maximum Gasteiger partial charge on any atom is 0.343 e. The SMILES string of the molecule is COC(=O)[C@]1([C@@H](C)O)CO1. The topological polar surface area (TPSA) is 59.1 Å². The molecule has 0 bridgehead atoms. The van der Waals surface area contributed by atoms with Gasteiger partial charge in [-0.3, -0.25) is 0 Å². The zero-order chi connectivity index (χ0) is 7.78. The number of ether oxygens (including phenoxy) is 2. The molecule has 10 heavy (non-hydrogen) atoms. The first-order valence-electron chi connectivity index (χ1n) is 3.04. The van der Waals surface area contributed by atoms with Gasteiger partial charge in [-0.25, -0.2) is 4.79 Å². The fraction of sp³-hybridized carbons (Fsp3) is 0.833. The predicted octanol–water partition coefficient (Wildman–Crippen LogP) is -0.691. The van der Waals surface area contributed by atoms with E-state index in [2.05, 4.69) is 4.74 Å². The van der Waals surface area contributed by atoms with E-state index in [0.29, 0.717) is 0 Å². The van der Waals surface area contributed by atoms with Crippen molar-refractivity contribution in [1.82, 2.24) is 0 Å². The molecule has 0 unspecified atom stereocenters. The summed E-state index contributed by atoms with van der Waals surface area (Å²) in [7, 11) is 1.27. The van der Waals surface area contributed by atoms with Crippen LogP contribution in [0.5, 0.6) is 0 Å². The average molecular weight is 146 g/mol. The molecule has 0 aromatic heterocycles. The van der Waals surface area contributed by atoms with Gasteiger partial charge in [0.05, 0.1) is 19.8 Å². The van der Waals surface area contributed by atoms with Gasteiger partial charge < -0.3 is 14.6 Å². The highest BCUT2D eigenvalue weighted by atomic mass is 16.6. The number of hydrogen-bond acceptors (Lipinski definition) is 4. The lowest BCUT2D eigenvalue weighted by molar-refractivity contribution is -0.150. The fourth-order valence-corrected chi connectivity index (χ4v) is 0.780. The summed E-state index contributed by atoms with van der Waals surface area (Å²) in [6, 6.07) is 0. The van der Waals surface area contributed by atoms with Crippen LogP contribution >= 0.6 is 0 Å². The zero-order valence-corrected chi connectivity index (χ0v) is 5.96. The van der Waals surface area contributed by atoms with Crippen LogP contribution in [-0.4, -0.2) is 36.5 Å². The maximum absolute atomic E-state index is 10.8. The highest BCUT2D eigenvalue weighted by molar-refractivity contribution is 5.83. The van der Waals surface area contributed by atoms with E-state index < -0.39 is 17.7 Å². The predicted molar refractivity (Wildman–Crippen MR) is 32.4 cm³/mol. The van der Waals surface area contributed by atoms with Crippen LogP contribution < -0.4 is 0 Å². The molecule has 2 atom stereocenters. The molecule has 0 aliphatic carbocycles. The van der Waals surface area contributed by atoms with Crippen LogP contribution in [0.3, 0.4) is 0 Å². The number of methoxy groups -OCH3 is 1. The largest absolute Gasteiger partial charge is 0.467 e. The lowest BCUT2D eigenvalue weighted by Crippen LogP contribution is -2.36. The van der Waals surface area contributed by atoms with Gasteiger partial charge in [-0.05, 0) is 6.92 Å². The summed E-state index contributed by atoms with van der Waals surface area (Å²) in [6.07, 6.45) is -0.792. The standard InChI is InChI=1S/C6H10O4/c1-4(7)6(3-10-6)5(8)9-2/h4,7H,3H2,1-2H3/t4-,6-/m1/s1. The number of epoxide rings is 1. The van der Waals surface area contributed by atoms with Gasteiger partial charge in [-0.2, -0.15) is 0 Å². The van der Waals surface area contributed by atoms with Crippen LogP contribution in [0.2, 0.25) is 0 Å². The lowest BCUT2D eigenvalue weighted by Gasteiger charge is -2.10. The monoisotopic (exact) mass is 146 g/mol. The van der Waals surface area contributed by atoms with E-state index in [1.807, 2.05) is 0 Å². The minimum Gasteiger partial charge on any atom is -0.467 e. The van der Waals surface area contributed by atoms with Crippen LogP contribution in [0.15, 0.2) is 0 Å². The van der Waals surface area contributed by atoms with E-state index >= 15 is 0 Å². The van der Waals surface area contributed by atoms with Crippen LogP contribution in [0, 0.1) is 0 Å². The molecule has 1 rings (SSSR count). The molecule has 0 saturated carbocycles. The quantitative estimate of drug-likeness (QED) is 0.413. The molecule has 0 aromatic carbocycles. The minimum absolute atomic E-state index is 0.261. The van der Waals surface area contributed by atoms with Crippen molar-refractivity contribution < 1.29 is 19.4 Å². The molecule has 0 amide bonds. The highest BCUT2D eigenvalue weighted by Gasteiger charge is 2.57. The Kier molecular flexibility index (Phi) is 1.66. The third kappa shape index (κ3) is 0.892. The van der Waals surface area contributed by atoms with Crippen LogP contribution in [0.4, 0.5) is 0 Å². The van der Waals surface area contributed by atoms with Crippen molar-refractivity contribution in [2.24, 2.45) is 0 Å². The van der Waals surface area contributed by atoms with E-state index in [1.165, 1.54) is 14.0 Å². The second-order valence-electron chi connectivity index (χ2n) is 2.35. The zero-order valence-electron chi connectivity index (χ0n) is 5.96. The summed E-state index contributed by atoms with van der Waals surface area (Å²) in [4.78, 5) is 10.8. The van der Waals surface area contributed by atoms with Crippen LogP contribution in [-0.2, 0) is 14.3 Å². The lowest BCUT2D eigenvalue weighted by atomic mass is 10.1. The molecule has 4 nitrogen and oxygen atoms in total. The fourth-order valence-electron chi connectivity index (χ4n) is 0.780. The van der Waals surface area contributed by atoms with Gasteiger partial charge in [-0.1, -0.05) is 0 Å². The molecule has 1 aliphatic heterocycles. The summed E-state index contributed by atoms with van der Waals surface area (Å²) in [5.41, 5.74) is -1.05. The van der Waals surface area contributed by atoms with Gasteiger partial charge in [0.2, 0.25) is 5.60 Å². The Balaban J connectivity index is 2.60. The van der Waals surface area contributed by atoms with E-state index in [-0.39, 0.29) is 6.61 Å². The first-order valence-corrected chi connectivity index (χ1v) is 3.04. The summed E-state index contributed by atoms with van der Waals surface area (Å²) in [5, 5.41) is 9.02. The average Bonchev–Trinajstić information content (AvgIpc) is 2.65. The molecule has 1 fully saturated rings. The third-order valence-electron chi connectivity index (χ3n) is 1.66. The van der Waals surface area contributed by atoms with Gasteiger partial charge >= 0.3 is 5.97 Å². The number of aliphatic hydroxyl groups excluding tert-OH is 1. The summed E-state index contributed by atoms with van der Waals surface area (Å²) in [6.45, 7) is 1.77. The molecule has 0 radical (unpaired) electrons. The third-order valence-corrected chi connectivity index (χ3v) is 1.66. The Hall–Kier alpha value is -0.610. The van der Waals surface area contributed by atoms with Crippen molar-refractivity contribution in [2.75, 3.05) is 13.7 Å². The second kappa shape index (κ2) is 2.21. The summed E-state index contributed by atoms with van der Waals surface area (Å²) < 4.78 is 9.20.